The molecule has 1 N–H and O–H groups in total. The molecule has 9 heteroatoms. The number of hydrogen-bond acceptors (Lipinski definition) is 6. The number of esters is 1. The number of ether oxygens (including phenoxy) is 1. The number of nitrogens with one attached hydrogen (secondary N) is 1. The van der Waals surface area contributed by atoms with E-state index < -0.39 is 18.5 Å². The highest BCUT2D eigenvalue weighted by atomic mass is 35.5. The average Bonchev–Trinajstić information content (AvgIpc) is 3.07. The first kappa shape index (κ1) is 22.4. The molecular weight excluding hydrogens is 398 g/mol. The van der Waals surface area contributed by atoms with Crippen molar-refractivity contribution in [2.75, 3.05) is 25.0 Å². The molecule has 0 atom stereocenters. The van der Waals surface area contributed by atoms with Crippen molar-refractivity contribution in [3.05, 3.63) is 45.8 Å². The largest absolute Gasteiger partial charge is 0.452 e. The van der Waals surface area contributed by atoms with E-state index in [1.54, 1.807) is 32.0 Å². The number of aryl methyl sites for hydroxylation is 3. The van der Waals surface area contributed by atoms with Crippen LogP contribution < -0.4 is 5.32 Å². The summed E-state index contributed by atoms with van der Waals surface area (Å²) in [4.78, 5) is 38.3. The molecule has 0 saturated carbocycles. The monoisotopic (exact) mass is 421 g/mol. The number of nitrogens with zero attached hydrogens (tertiary/aromatic N) is 2. The average molecular weight is 422 g/mol. The van der Waals surface area contributed by atoms with Gasteiger partial charge < -0.3 is 19.5 Å². The zero-order chi connectivity index (χ0) is 21.6. The normalized spacial score (nSPS) is 10.5. The zero-order valence-electron chi connectivity index (χ0n) is 16.9. The van der Waals surface area contributed by atoms with E-state index in [0.717, 1.165) is 5.56 Å². The number of aromatic nitrogens is 1. The molecule has 1 aromatic heterocycles. The van der Waals surface area contributed by atoms with Crippen molar-refractivity contribution < 1.29 is 23.6 Å². The van der Waals surface area contributed by atoms with Gasteiger partial charge in [-0.05, 0) is 44.9 Å². The number of carbonyl (C=O) groups is 3. The van der Waals surface area contributed by atoms with E-state index >= 15 is 0 Å². The topological polar surface area (TPSA) is 102 Å². The van der Waals surface area contributed by atoms with Crippen molar-refractivity contribution in [1.29, 1.82) is 0 Å². The highest BCUT2D eigenvalue weighted by Crippen LogP contribution is 2.20. The van der Waals surface area contributed by atoms with Crippen LogP contribution in [-0.2, 0) is 20.7 Å². The Morgan fingerprint density at radius 1 is 1.24 bits per heavy atom. The van der Waals surface area contributed by atoms with Crippen LogP contribution in [-0.4, -0.2) is 47.5 Å². The highest BCUT2D eigenvalue weighted by molar-refractivity contribution is 6.31. The summed E-state index contributed by atoms with van der Waals surface area (Å²) in [5.74, 6) is -1.20. The first-order chi connectivity index (χ1) is 13.8. The van der Waals surface area contributed by atoms with Crippen molar-refractivity contribution >= 4 is 35.1 Å². The second-order valence-electron chi connectivity index (χ2n) is 6.41. The van der Waals surface area contributed by atoms with Crippen molar-refractivity contribution in [1.82, 2.24) is 10.1 Å². The molecule has 0 unspecified atom stereocenters. The van der Waals surface area contributed by atoms with E-state index in [9.17, 15) is 14.4 Å². The number of benzene rings is 1. The Morgan fingerprint density at radius 3 is 2.62 bits per heavy atom. The van der Waals surface area contributed by atoms with Crippen molar-refractivity contribution in [2.45, 2.75) is 34.1 Å². The van der Waals surface area contributed by atoms with E-state index in [0.29, 0.717) is 28.6 Å². The fraction of sp³-hybridized carbons (Fsp3) is 0.400. The van der Waals surface area contributed by atoms with Gasteiger partial charge in [0.25, 0.3) is 5.91 Å². The minimum Gasteiger partial charge on any atom is -0.452 e. The van der Waals surface area contributed by atoms with E-state index in [2.05, 4.69) is 10.5 Å². The number of amides is 2. The van der Waals surface area contributed by atoms with Gasteiger partial charge in [0.1, 0.15) is 11.3 Å². The molecule has 0 aliphatic rings. The number of anilines is 1. The molecule has 1 heterocycles. The molecule has 0 radical (unpaired) electrons. The minimum atomic E-state index is -0.677. The van der Waals surface area contributed by atoms with Gasteiger partial charge in [-0.25, -0.2) is 4.79 Å². The first-order valence-electron chi connectivity index (χ1n) is 9.22. The third kappa shape index (κ3) is 5.80. The second-order valence-corrected chi connectivity index (χ2v) is 6.84. The molecule has 0 spiro atoms. The summed E-state index contributed by atoms with van der Waals surface area (Å²) < 4.78 is 10.1. The SMILES string of the molecule is CCc1noc(C)c1C(=O)OCC(=O)N(CC)CC(=O)Nc1cc(Cl)ccc1C. The number of rotatable bonds is 8. The predicted octanol–water partition coefficient (Wildman–Crippen LogP) is 3.15. The van der Waals surface area contributed by atoms with Crippen molar-refractivity contribution in [3.63, 3.8) is 0 Å². The molecule has 156 valence electrons. The third-order valence-corrected chi connectivity index (χ3v) is 4.58. The molecule has 0 fully saturated rings. The van der Waals surface area contributed by atoms with Gasteiger partial charge in [0.2, 0.25) is 5.91 Å². The maximum absolute atomic E-state index is 12.4. The number of hydrogen-bond donors (Lipinski definition) is 1. The fourth-order valence-electron chi connectivity index (χ4n) is 2.68. The Balaban J connectivity index is 1.94. The van der Waals surface area contributed by atoms with Gasteiger partial charge >= 0.3 is 5.97 Å². The van der Waals surface area contributed by atoms with Crippen LogP contribution in [0.25, 0.3) is 0 Å². The van der Waals surface area contributed by atoms with Crippen LogP contribution >= 0.6 is 11.6 Å². The Kier molecular flexibility index (Phi) is 7.78. The van der Waals surface area contributed by atoms with E-state index in [-0.39, 0.29) is 24.6 Å². The smallest absolute Gasteiger partial charge is 0.344 e. The molecule has 0 saturated heterocycles. The van der Waals surface area contributed by atoms with Gasteiger partial charge in [0.05, 0.1) is 12.2 Å². The maximum atomic E-state index is 12.4. The molecular formula is C20H24ClN3O5. The lowest BCUT2D eigenvalue weighted by Gasteiger charge is -2.20. The lowest BCUT2D eigenvalue weighted by molar-refractivity contribution is -0.137. The van der Waals surface area contributed by atoms with Crippen molar-refractivity contribution in [3.8, 4) is 0 Å². The van der Waals surface area contributed by atoms with Gasteiger partial charge in [-0.3, -0.25) is 9.59 Å². The van der Waals surface area contributed by atoms with Gasteiger partial charge in [0, 0.05) is 17.3 Å². The third-order valence-electron chi connectivity index (χ3n) is 4.34. The van der Waals surface area contributed by atoms with E-state index in [1.807, 2.05) is 13.8 Å². The van der Waals surface area contributed by atoms with Gasteiger partial charge in [0.15, 0.2) is 6.61 Å². The Hall–Kier alpha value is -2.87. The summed E-state index contributed by atoms with van der Waals surface area (Å²) in [5.41, 5.74) is 2.13. The molecule has 2 aromatic rings. The predicted molar refractivity (Wildman–Crippen MR) is 108 cm³/mol. The number of likely N-dealkylation sites (N-methyl/N-ethyl adjacent to an activating group) is 1. The molecule has 0 aliphatic heterocycles. The zero-order valence-corrected chi connectivity index (χ0v) is 17.6. The van der Waals surface area contributed by atoms with Gasteiger partial charge in [-0.2, -0.15) is 0 Å². The van der Waals surface area contributed by atoms with Gasteiger partial charge in [-0.1, -0.05) is 29.7 Å². The van der Waals surface area contributed by atoms with E-state index in [1.165, 1.54) is 4.90 Å². The summed E-state index contributed by atoms with van der Waals surface area (Å²) in [6, 6.07) is 5.16. The van der Waals surface area contributed by atoms with Crippen LogP contribution in [0.1, 0.15) is 41.2 Å². The summed E-state index contributed by atoms with van der Waals surface area (Å²) in [7, 11) is 0. The van der Waals surface area contributed by atoms with Crippen LogP contribution in [0.4, 0.5) is 5.69 Å². The second kappa shape index (κ2) is 10.1. The molecule has 0 bridgehead atoms. The molecule has 8 nitrogen and oxygen atoms in total. The lowest BCUT2D eigenvalue weighted by Crippen LogP contribution is -2.40. The number of carbonyl (C=O) groups excluding carboxylic acids is 3. The van der Waals surface area contributed by atoms with Crippen LogP contribution in [0.3, 0.4) is 0 Å². The molecule has 29 heavy (non-hydrogen) atoms. The summed E-state index contributed by atoms with van der Waals surface area (Å²) in [6.07, 6.45) is 0.500. The quantitative estimate of drug-likeness (QED) is 0.657. The minimum absolute atomic E-state index is 0.175. The maximum Gasteiger partial charge on any atom is 0.344 e. The van der Waals surface area contributed by atoms with Crippen LogP contribution in [0.5, 0.6) is 0 Å². The summed E-state index contributed by atoms with van der Waals surface area (Å²) in [6.45, 7) is 6.63. The molecule has 0 aliphatic carbocycles. The van der Waals surface area contributed by atoms with Crippen LogP contribution in [0.2, 0.25) is 5.02 Å². The summed E-state index contributed by atoms with van der Waals surface area (Å²) >= 11 is 5.95. The highest BCUT2D eigenvalue weighted by Gasteiger charge is 2.23. The fourth-order valence-corrected chi connectivity index (χ4v) is 2.85. The van der Waals surface area contributed by atoms with Crippen LogP contribution in [0, 0.1) is 13.8 Å². The molecule has 1 aromatic carbocycles. The Labute approximate surface area is 174 Å². The Morgan fingerprint density at radius 2 is 1.97 bits per heavy atom. The van der Waals surface area contributed by atoms with Crippen molar-refractivity contribution in [2.24, 2.45) is 0 Å². The molecule has 2 rings (SSSR count). The first-order valence-corrected chi connectivity index (χ1v) is 9.60. The van der Waals surface area contributed by atoms with E-state index in [4.69, 9.17) is 20.9 Å². The standard InChI is InChI=1S/C20H24ClN3O5/c1-5-15-19(13(4)29-23-15)20(27)28-11-18(26)24(6-2)10-17(25)22-16-9-14(21)8-7-12(16)3/h7-9H,5-6,10-11H2,1-4H3,(H,22,25). The Bertz CT molecular complexity index is 910. The number of halogens is 1. The van der Waals surface area contributed by atoms with Crippen LogP contribution in [0.15, 0.2) is 22.7 Å². The molecule has 2 amide bonds. The lowest BCUT2D eigenvalue weighted by atomic mass is 10.1. The summed E-state index contributed by atoms with van der Waals surface area (Å²) in [5, 5.41) is 7.02. The van der Waals surface area contributed by atoms with Gasteiger partial charge in [-0.15, -0.1) is 0 Å².